The summed E-state index contributed by atoms with van der Waals surface area (Å²) in [6, 6.07) is 3.73. The van der Waals surface area contributed by atoms with Gasteiger partial charge in [0.15, 0.2) is 0 Å². The first-order chi connectivity index (χ1) is 9.36. The molecule has 2 rings (SSSR count). The van der Waals surface area contributed by atoms with Gasteiger partial charge in [0.05, 0.1) is 4.90 Å². The van der Waals surface area contributed by atoms with Crippen molar-refractivity contribution in [2.24, 2.45) is 0 Å². The van der Waals surface area contributed by atoms with Gasteiger partial charge in [-0.05, 0) is 43.7 Å². The summed E-state index contributed by atoms with van der Waals surface area (Å²) in [5, 5.41) is 0. The van der Waals surface area contributed by atoms with Crippen LogP contribution in [0.4, 0.5) is 0 Å². The molecule has 0 spiro atoms. The molecule has 1 aliphatic rings. The van der Waals surface area contributed by atoms with Gasteiger partial charge in [-0.2, -0.15) is 4.31 Å². The van der Waals surface area contributed by atoms with Crippen LogP contribution in [0, 0.1) is 13.8 Å². The van der Waals surface area contributed by atoms with Crippen LogP contribution in [0.1, 0.15) is 18.1 Å². The van der Waals surface area contributed by atoms with Crippen molar-refractivity contribution >= 4 is 26.0 Å². The Balaban J connectivity index is 2.32. The lowest BCUT2D eigenvalue weighted by Crippen LogP contribution is -2.48. The molecule has 112 valence electrons. The number of aryl methyl sites for hydroxylation is 2. The number of sulfonamides is 1. The molecule has 0 amide bonds. The molecule has 1 aromatic carbocycles. The van der Waals surface area contributed by atoms with Crippen molar-refractivity contribution in [1.29, 1.82) is 0 Å². The van der Waals surface area contributed by atoms with Gasteiger partial charge in [0.2, 0.25) is 10.0 Å². The predicted molar refractivity (Wildman–Crippen MR) is 84.5 cm³/mol. The molecule has 0 N–H and O–H groups in total. The van der Waals surface area contributed by atoms with Crippen LogP contribution in [0.3, 0.4) is 0 Å². The zero-order valence-electron chi connectivity index (χ0n) is 12.2. The Bertz CT molecular complexity index is 570. The van der Waals surface area contributed by atoms with Crippen LogP contribution in [0.25, 0.3) is 0 Å². The lowest BCUT2D eigenvalue weighted by Gasteiger charge is -2.33. The Kier molecular flexibility index (Phi) is 4.89. The first-order valence-electron chi connectivity index (χ1n) is 6.85. The summed E-state index contributed by atoms with van der Waals surface area (Å²) in [5.74, 6) is 0. The van der Waals surface area contributed by atoms with Crippen molar-refractivity contribution in [1.82, 2.24) is 9.21 Å². The van der Waals surface area contributed by atoms with Gasteiger partial charge in [-0.15, -0.1) is 0 Å². The smallest absolute Gasteiger partial charge is 0.243 e. The van der Waals surface area contributed by atoms with Gasteiger partial charge >= 0.3 is 0 Å². The van der Waals surface area contributed by atoms with Crippen LogP contribution in [-0.2, 0) is 10.0 Å². The molecule has 20 heavy (non-hydrogen) atoms. The van der Waals surface area contributed by atoms with Crippen molar-refractivity contribution in [2.75, 3.05) is 32.7 Å². The van der Waals surface area contributed by atoms with Crippen molar-refractivity contribution < 1.29 is 8.42 Å². The van der Waals surface area contributed by atoms with E-state index in [1.807, 2.05) is 26.0 Å². The van der Waals surface area contributed by atoms with Crippen molar-refractivity contribution in [2.45, 2.75) is 25.7 Å². The normalized spacial score (nSPS) is 18.4. The van der Waals surface area contributed by atoms with Gasteiger partial charge in [-0.25, -0.2) is 8.42 Å². The summed E-state index contributed by atoms with van der Waals surface area (Å²) in [7, 11) is -3.39. The van der Waals surface area contributed by atoms with E-state index in [4.69, 9.17) is 0 Å². The number of halogens is 1. The molecule has 1 aromatic rings. The molecule has 0 aliphatic carbocycles. The maximum atomic E-state index is 12.8. The largest absolute Gasteiger partial charge is 0.301 e. The van der Waals surface area contributed by atoms with Crippen LogP contribution in [0.15, 0.2) is 21.5 Å². The van der Waals surface area contributed by atoms with E-state index in [9.17, 15) is 8.42 Å². The van der Waals surface area contributed by atoms with E-state index in [1.54, 1.807) is 4.31 Å². The number of benzene rings is 1. The number of piperazine rings is 1. The fraction of sp³-hybridized carbons (Fsp3) is 0.571. The number of hydrogen-bond donors (Lipinski definition) is 0. The van der Waals surface area contributed by atoms with E-state index in [1.165, 1.54) is 0 Å². The summed E-state index contributed by atoms with van der Waals surface area (Å²) < 4.78 is 28.2. The van der Waals surface area contributed by atoms with Gasteiger partial charge in [0.25, 0.3) is 0 Å². The molecule has 1 heterocycles. The SMILES string of the molecule is CCN1CCN(S(=O)(=O)c2c(C)cc(Br)cc2C)CC1. The second kappa shape index (κ2) is 6.13. The van der Waals surface area contributed by atoms with E-state index in [0.717, 1.165) is 35.2 Å². The van der Waals surface area contributed by atoms with Crippen LogP contribution >= 0.6 is 15.9 Å². The minimum Gasteiger partial charge on any atom is -0.301 e. The molecular formula is C14H21BrN2O2S. The molecule has 0 saturated carbocycles. The van der Waals surface area contributed by atoms with Crippen molar-refractivity contribution in [3.63, 3.8) is 0 Å². The Labute approximate surface area is 129 Å². The van der Waals surface area contributed by atoms with Gasteiger partial charge in [-0.3, -0.25) is 0 Å². The first-order valence-corrected chi connectivity index (χ1v) is 9.09. The predicted octanol–water partition coefficient (Wildman–Crippen LogP) is 2.39. The van der Waals surface area contributed by atoms with E-state index < -0.39 is 10.0 Å². The minimum absolute atomic E-state index is 0.464. The molecule has 1 fully saturated rings. The number of likely N-dealkylation sites (N-methyl/N-ethyl adjacent to an activating group) is 1. The van der Waals surface area contributed by atoms with Crippen molar-refractivity contribution in [3.05, 3.63) is 27.7 Å². The summed E-state index contributed by atoms with van der Waals surface area (Å²) in [4.78, 5) is 2.73. The highest BCUT2D eigenvalue weighted by atomic mass is 79.9. The molecule has 0 unspecified atom stereocenters. The zero-order valence-corrected chi connectivity index (χ0v) is 14.6. The highest BCUT2D eigenvalue weighted by molar-refractivity contribution is 9.10. The molecule has 0 radical (unpaired) electrons. The fourth-order valence-corrected chi connectivity index (χ4v) is 5.24. The van der Waals surface area contributed by atoms with Crippen LogP contribution in [0.5, 0.6) is 0 Å². The third-order valence-electron chi connectivity index (χ3n) is 3.80. The van der Waals surface area contributed by atoms with E-state index in [0.29, 0.717) is 18.0 Å². The topological polar surface area (TPSA) is 40.6 Å². The Morgan fingerprint density at radius 3 is 2.05 bits per heavy atom. The summed E-state index contributed by atoms with van der Waals surface area (Å²) >= 11 is 3.41. The summed E-state index contributed by atoms with van der Waals surface area (Å²) in [6.07, 6.45) is 0. The second-order valence-electron chi connectivity index (χ2n) is 5.21. The number of nitrogens with zero attached hydrogens (tertiary/aromatic N) is 2. The highest BCUT2D eigenvalue weighted by Gasteiger charge is 2.30. The molecule has 0 atom stereocenters. The second-order valence-corrected chi connectivity index (χ2v) is 8.00. The first kappa shape index (κ1) is 15.9. The quantitative estimate of drug-likeness (QED) is 0.830. The molecular weight excluding hydrogens is 340 g/mol. The highest BCUT2D eigenvalue weighted by Crippen LogP contribution is 2.27. The number of rotatable bonds is 3. The fourth-order valence-electron chi connectivity index (χ4n) is 2.72. The third-order valence-corrected chi connectivity index (χ3v) is 6.46. The molecule has 0 bridgehead atoms. The zero-order chi connectivity index (χ0) is 14.9. The average molecular weight is 361 g/mol. The third kappa shape index (κ3) is 3.08. The molecule has 4 nitrogen and oxygen atoms in total. The van der Waals surface area contributed by atoms with Crippen LogP contribution in [-0.4, -0.2) is 50.3 Å². The average Bonchev–Trinajstić information content (AvgIpc) is 2.37. The van der Waals surface area contributed by atoms with E-state index in [2.05, 4.69) is 27.8 Å². The molecule has 1 saturated heterocycles. The minimum atomic E-state index is -3.39. The summed E-state index contributed by atoms with van der Waals surface area (Å²) in [5.41, 5.74) is 1.60. The van der Waals surface area contributed by atoms with Crippen LogP contribution < -0.4 is 0 Å². The van der Waals surface area contributed by atoms with Crippen molar-refractivity contribution in [3.8, 4) is 0 Å². The monoisotopic (exact) mass is 360 g/mol. The van der Waals surface area contributed by atoms with Crippen LogP contribution in [0.2, 0.25) is 0 Å². The van der Waals surface area contributed by atoms with Gasteiger partial charge in [-0.1, -0.05) is 22.9 Å². The lowest BCUT2D eigenvalue weighted by atomic mass is 10.2. The van der Waals surface area contributed by atoms with Gasteiger partial charge in [0.1, 0.15) is 0 Å². The molecule has 0 aromatic heterocycles. The molecule has 6 heteroatoms. The standard InChI is InChI=1S/C14H21BrN2O2S/c1-4-16-5-7-17(8-6-16)20(18,19)14-11(2)9-13(15)10-12(14)3/h9-10H,4-8H2,1-3H3. The van der Waals surface area contributed by atoms with Gasteiger partial charge < -0.3 is 4.90 Å². The maximum absolute atomic E-state index is 12.8. The maximum Gasteiger partial charge on any atom is 0.243 e. The Hall–Kier alpha value is -0.430. The van der Waals surface area contributed by atoms with E-state index in [-0.39, 0.29) is 0 Å². The Morgan fingerprint density at radius 1 is 1.10 bits per heavy atom. The van der Waals surface area contributed by atoms with E-state index >= 15 is 0 Å². The number of hydrogen-bond acceptors (Lipinski definition) is 3. The lowest BCUT2D eigenvalue weighted by molar-refractivity contribution is 0.196. The molecule has 1 aliphatic heterocycles. The summed E-state index contributed by atoms with van der Waals surface area (Å²) in [6.45, 7) is 9.56. The van der Waals surface area contributed by atoms with Gasteiger partial charge in [0, 0.05) is 30.7 Å². The Morgan fingerprint density at radius 2 is 1.60 bits per heavy atom.